The highest BCUT2D eigenvalue weighted by Crippen LogP contribution is 2.41. The van der Waals surface area contributed by atoms with Crippen LogP contribution in [0.1, 0.15) is 30.0 Å². The Morgan fingerprint density at radius 2 is 2.00 bits per heavy atom. The van der Waals surface area contributed by atoms with Crippen LogP contribution in [0.25, 0.3) is 5.76 Å². The lowest BCUT2D eigenvalue weighted by atomic mass is 9.95. The normalized spacial score (nSPS) is 22.3. The molecule has 0 radical (unpaired) electrons. The third kappa shape index (κ3) is 3.94. The fraction of sp³-hybridized carbons (Fsp3) is 0.304. The number of ketones is 1. The van der Waals surface area contributed by atoms with E-state index in [1.165, 1.54) is 36.3 Å². The molecule has 166 valence electrons. The highest BCUT2D eigenvalue weighted by Gasteiger charge is 2.47. The molecule has 2 aliphatic heterocycles. The number of aliphatic hydroxyl groups excluding tert-OH is 1. The van der Waals surface area contributed by atoms with E-state index in [0.717, 1.165) is 12.8 Å². The van der Waals surface area contributed by atoms with Gasteiger partial charge >= 0.3 is 0 Å². The number of Topliss-reactive ketones (excluding diaryl/α,β-unsaturated/α-hetero) is 1. The van der Waals surface area contributed by atoms with Crippen LogP contribution in [0.4, 0.5) is 5.69 Å². The molecule has 1 N–H and O–H groups in total. The molecule has 4 rings (SSSR count). The van der Waals surface area contributed by atoms with Gasteiger partial charge in [-0.25, -0.2) is 0 Å². The lowest BCUT2D eigenvalue weighted by Crippen LogP contribution is -2.36. The van der Waals surface area contributed by atoms with Crippen molar-refractivity contribution in [2.45, 2.75) is 25.0 Å². The first-order chi connectivity index (χ1) is 15.4. The van der Waals surface area contributed by atoms with Gasteiger partial charge in [0.25, 0.3) is 17.4 Å². The van der Waals surface area contributed by atoms with Gasteiger partial charge in [0.2, 0.25) is 0 Å². The zero-order valence-electron chi connectivity index (χ0n) is 17.4. The Labute approximate surface area is 184 Å². The number of benzene rings is 2. The summed E-state index contributed by atoms with van der Waals surface area (Å²) in [5, 5.41) is 22.0. The Balaban J connectivity index is 1.81. The molecule has 0 saturated carbocycles. The molecular formula is C23H22N2O7. The summed E-state index contributed by atoms with van der Waals surface area (Å²) >= 11 is 0. The second kappa shape index (κ2) is 8.80. The van der Waals surface area contributed by atoms with Gasteiger partial charge in [0, 0.05) is 30.8 Å². The molecule has 2 aromatic rings. The Morgan fingerprint density at radius 1 is 1.25 bits per heavy atom. The molecule has 2 atom stereocenters. The molecule has 2 aliphatic rings. The fourth-order valence-electron chi connectivity index (χ4n) is 4.13. The highest BCUT2D eigenvalue weighted by molar-refractivity contribution is 6.46. The van der Waals surface area contributed by atoms with Crippen LogP contribution in [0.5, 0.6) is 5.75 Å². The van der Waals surface area contributed by atoms with Gasteiger partial charge in [-0.1, -0.05) is 12.1 Å². The number of hydrogen-bond acceptors (Lipinski definition) is 7. The van der Waals surface area contributed by atoms with Crippen LogP contribution in [0.3, 0.4) is 0 Å². The lowest BCUT2D eigenvalue weighted by molar-refractivity contribution is -0.384. The zero-order chi connectivity index (χ0) is 22.8. The maximum Gasteiger partial charge on any atom is 0.295 e. The molecule has 0 bridgehead atoms. The van der Waals surface area contributed by atoms with Crippen molar-refractivity contribution < 1.29 is 29.1 Å². The van der Waals surface area contributed by atoms with Crippen molar-refractivity contribution in [1.29, 1.82) is 0 Å². The molecule has 0 aromatic heterocycles. The van der Waals surface area contributed by atoms with Gasteiger partial charge in [0.15, 0.2) is 0 Å². The number of nitro benzene ring substituents is 1. The number of methoxy groups -OCH3 is 1. The summed E-state index contributed by atoms with van der Waals surface area (Å²) in [5.41, 5.74) is 0.587. The van der Waals surface area contributed by atoms with Crippen molar-refractivity contribution in [3.8, 4) is 5.75 Å². The van der Waals surface area contributed by atoms with Gasteiger partial charge in [0.1, 0.15) is 11.5 Å². The summed E-state index contributed by atoms with van der Waals surface area (Å²) in [6.07, 6.45) is 1.46. The minimum Gasteiger partial charge on any atom is -0.507 e. The number of non-ortho nitro benzene ring substituents is 1. The molecule has 2 saturated heterocycles. The monoisotopic (exact) mass is 438 g/mol. The molecule has 9 heteroatoms. The van der Waals surface area contributed by atoms with Crippen LogP contribution >= 0.6 is 0 Å². The van der Waals surface area contributed by atoms with E-state index >= 15 is 0 Å². The van der Waals surface area contributed by atoms with Gasteiger partial charge < -0.3 is 19.5 Å². The first kappa shape index (κ1) is 21.5. The minimum atomic E-state index is -0.843. The van der Waals surface area contributed by atoms with Crippen molar-refractivity contribution in [1.82, 2.24) is 4.90 Å². The van der Waals surface area contributed by atoms with Crippen LogP contribution in [0.2, 0.25) is 0 Å². The topological polar surface area (TPSA) is 119 Å². The summed E-state index contributed by atoms with van der Waals surface area (Å²) in [5.74, 6) is -1.38. The number of carbonyl (C=O) groups is 2. The standard InChI is InChI=1S/C23H22N2O7/c1-31-17-5-2-4-15(12-17)20-19(21(26)14-7-9-16(10-8-14)25(29)30)22(27)23(28)24(20)13-18-6-3-11-32-18/h2,4-5,7-10,12,18,20,26H,3,6,11,13H2,1H3/b21-19-. The van der Waals surface area contributed by atoms with E-state index in [2.05, 4.69) is 0 Å². The number of ether oxygens (including phenoxy) is 2. The maximum atomic E-state index is 13.0. The Morgan fingerprint density at radius 3 is 2.62 bits per heavy atom. The molecule has 2 heterocycles. The third-order valence-corrected chi connectivity index (χ3v) is 5.73. The minimum absolute atomic E-state index is 0.0740. The predicted octanol–water partition coefficient (Wildman–Crippen LogP) is 3.20. The zero-order valence-corrected chi connectivity index (χ0v) is 17.4. The Kier molecular flexibility index (Phi) is 5.91. The average Bonchev–Trinajstić information content (AvgIpc) is 3.41. The van der Waals surface area contributed by atoms with Gasteiger partial charge in [-0.2, -0.15) is 0 Å². The SMILES string of the molecule is COc1cccc(C2/C(=C(/O)c3ccc([N+](=O)[O-])cc3)C(=O)C(=O)N2CC2CCCO2)c1. The quantitative estimate of drug-likeness (QED) is 0.242. The lowest BCUT2D eigenvalue weighted by Gasteiger charge is -2.27. The largest absolute Gasteiger partial charge is 0.507 e. The van der Waals surface area contributed by atoms with Crippen molar-refractivity contribution in [2.75, 3.05) is 20.3 Å². The summed E-state index contributed by atoms with van der Waals surface area (Å²) in [4.78, 5) is 37.8. The fourth-order valence-corrected chi connectivity index (χ4v) is 4.13. The second-order valence-corrected chi connectivity index (χ2v) is 7.67. The van der Waals surface area contributed by atoms with Crippen LogP contribution in [-0.4, -0.2) is 53.0 Å². The number of nitrogens with zero attached hydrogens (tertiary/aromatic N) is 2. The van der Waals surface area contributed by atoms with E-state index < -0.39 is 22.7 Å². The van der Waals surface area contributed by atoms with Gasteiger partial charge in [-0.15, -0.1) is 0 Å². The summed E-state index contributed by atoms with van der Waals surface area (Å²) in [6, 6.07) is 11.3. The highest BCUT2D eigenvalue weighted by atomic mass is 16.6. The summed E-state index contributed by atoms with van der Waals surface area (Å²) in [6.45, 7) is 0.810. The maximum absolute atomic E-state index is 13.0. The van der Waals surface area contributed by atoms with Gasteiger partial charge in [-0.3, -0.25) is 19.7 Å². The number of amides is 1. The van der Waals surface area contributed by atoms with Crippen molar-refractivity contribution in [3.63, 3.8) is 0 Å². The summed E-state index contributed by atoms with van der Waals surface area (Å²) < 4.78 is 11.0. The van der Waals surface area contributed by atoms with E-state index in [-0.39, 0.29) is 35.2 Å². The number of rotatable bonds is 6. The van der Waals surface area contributed by atoms with E-state index in [9.17, 15) is 24.8 Å². The number of nitro groups is 1. The number of likely N-dealkylation sites (tertiary alicyclic amines) is 1. The van der Waals surface area contributed by atoms with Crippen molar-refractivity contribution in [2.24, 2.45) is 0 Å². The molecule has 9 nitrogen and oxygen atoms in total. The smallest absolute Gasteiger partial charge is 0.295 e. The first-order valence-corrected chi connectivity index (χ1v) is 10.2. The molecule has 0 spiro atoms. The van der Waals surface area contributed by atoms with Crippen molar-refractivity contribution in [3.05, 3.63) is 75.3 Å². The second-order valence-electron chi connectivity index (χ2n) is 7.67. The van der Waals surface area contributed by atoms with Gasteiger partial charge in [-0.05, 0) is 42.7 Å². The molecule has 0 aliphatic carbocycles. The summed E-state index contributed by atoms with van der Waals surface area (Å²) in [7, 11) is 1.51. The molecule has 2 fully saturated rings. The molecule has 2 unspecified atom stereocenters. The van der Waals surface area contributed by atoms with Crippen molar-refractivity contribution >= 4 is 23.1 Å². The number of carbonyl (C=O) groups excluding carboxylic acids is 2. The van der Waals surface area contributed by atoms with Crippen LogP contribution < -0.4 is 4.74 Å². The van der Waals surface area contributed by atoms with E-state index in [1.54, 1.807) is 24.3 Å². The molecule has 2 aromatic carbocycles. The molecule has 1 amide bonds. The van der Waals surface area contributed by atoms with E-state index in [4.69, 9.17) is 9.47 Å². The van der Waals surface area contributed by atoms with Gasteiger partial charge in [0.05, 0.1) is 29.8 Å². The molecule has 32 heavy (non-hydrogen) atoms. The average molecular weight is 438 g/mol. The number of aliphatic hydroxyl groups is 1. The first-order valence-electron chi connectivity index (χ1n) is 10.2. The Bertz CT molecular complexity index is 1090. The van der Waals surface area contributed by atoms with Crippen LogP contribution in [0, 0.1) is 10.1 Å². The number of hydrogen-bond donors (Lipinski definition) is 1. The third-order valence-electron chi connectivity index (χ3n) is 5.73. The predicted molar refractivity (Wildman–Crippen MR) is 114 cm³/mol. The van der Waals surface area contributed by atoms with E-state index in [0.29, 0.717) is 17.9 Å². The van der Waals surface area contributed by atoms with Crippen LogP contribution in [-0.2, 0) is 14.3 Å². The Hall–Kier alpha value is -3.72. The molecular weight excluding hydrogens is 416 g/mol. The van der Waals surface area contributed by atoms with Crippen LogP contribution in [0.15, 0.2) is 54.1 Å². The van der Waals surface area contributed by atoms with E-state index in [1.807, 2.05) is 0 Å².